The Morgan fingerprint density at radius 1 is 1.17 bits per heavy atom. The Bertz CT molecular complexity index is 728. The van der Waals surface area contributed by atoms with Crippen LogP contribution in [0.15, 0.2) is 42.7 Å². The summed E-state index contributed by atoms with van der Waals surface area (Å²) in [5.74, 6) is 0.0481. The van der Waals surface area contributed by atoms with Gasteiger partial charge >= 0.3 is 0 Å². The fraction of sp³-hybridized carbons (Fsp3) is 0.0714. The quantitative estimate of drug-likeness (QED) is 0.657. The second-order valence-electron chi connectivity index (χ2n) is 3.97. The zero-order valence-electron chi connectivity index (χ0n) is 9.75. The minimum absolute atomic E-state index is 0.0481. The molecule has 88 valence electrons. The van der Waals surface area contributed by atoms with Gasteiger partial charge in [0.1, 0.15) is 5.01 Å². The van der Waals surface area contributed by atoms with Crippen LogP contribution in [0.4, 0.5) is 0 Å². The predicted molar refractivity (Wildman–Crippen MR) is 72.9 cm³/mol. The monoisotopic (exact) mass is 254 g/mol. The highest BCUT2D eigenvalue weighted by Crippen LogP contribution is 2.30. The lowest BCUT2D eigenvalue weighted by Crippen LogP contribution is -1.83. The number of pyridine rings is 1. The Balaban J connectivity index is 2.21. The summed E-state index contributed by atoms with van der Waals surface area (Å²) < 4.78 is 0. The average molecular weight is 254 g/mol. The van der Waals surface area contributed by atoms with Gasteiger partial charge in [0.25, 0.3) is 0 Å². The van der Waals surface area contributed by atoms with Gasteiger partial charge < -0.3 is 0 Å². The first-order valence-corrected chi connectivity index (χ1v) is 6.38. The lowest BCUT2D eigenvalue weighted by Gasteiger charge is -2.01. The van der Waals surface area contributed by atoms with Gasteiger partial charge in [-0.1, -0.05) is 18.2 Å². The van der Waals surface area contributed by atoms with Crippen molar-refractivity contribution in [1.29, 1.82) is 0 Å². The van der Waals surface area contributed by atoms with E-state index in [1.165, 1.54) is 11.3 Å². The van der Waals surface area contributed by atoms with Crippen molar-refractivity contribution in [3.63, 3.8) is 0 Å². The molecule has 0 atom stereocenters. The van der Waals surface area contributed by atoms with E-state index in [1.807, 2.05) is 30.3 Å². The first-order chi connectivity index (χ1) is 8.75. The van der Waals surface area contributed by atoms with E-state index in [4.69, 9.17) is 0 Å². The first-order valence-electron chi connectivity index (χ1n) is 5.56. The molecule has 0 aliphatic rings. The van der Waals surface area contributed by atoms with E-state index in [0.717, 1.165) is 21.5 Å². The van der Waals surface area contributed by atoms with E-state index in [9.17, 15) is 4.79 Å². The Morgan fingerprint density at radius 2 is 2.00 bits per heavy atom. The van der Waals surface area contributed by atoms with E-state index in [1.54, 1.807) is 19.3 Å². The van der Waals surface area contributed by atoms with Crippen molar-refractivity contribution in [3.05, 3.63) is 47.6 Å². The molecule has 4 heteroatoms. The third-order valence-corrected chi connectivity index (χ3v) is 3.85. The molecule has 0 aliphatic carbocycles. The van der Waals surface area contributed by atoms with Crippen LogP contribution in [0.1, 0.15) is 16.6 Å². The molecule has 1 aromatic carbocycles. The summed E-state index contributed by atoms with van der Waals surface area (Å²) in [5.41, 5.74) is 1.90. The van der Waals surface area contributed by atoms with E-state index < -0.39 is 0 Å². The molecule has 0 saturated carbocycles. The number of rotatable bonds is 2. The van der Waals surface area contributed by atoms with Crippen molar-refractivity contribution in [3.8, 4) is 10.6 Å². The lowest BCUT2D eigenvalue weighted by atomic mass is 10.1. The Kier molecular flexibility index (Phi) is 2.64. The number of hydrogen-bond donors (Lipinski definition) is 0. The van der Waals surface area contributed by atoms with E-state index in [0.29, 0.717) is 4.88 Å². The number of carbonyl (C=O) groups is 1. The maximum atomic E-state index is 11.3. The normalized spacial score (nSPS) is 10.7. The smallest absolute Gasteiger partial charge is 0.171 e. The number of carbonyl (C=O) groups excluding carboxylic acids is 1. The standard InChI is InChI=1S/C14H10N2OS/c1-9(17)12-8-16-14(18-12)11-6-2-4-10-5-3-7-15-13(10)11/h2-8H,1H3. The molecule has 3 rings (SSSR count). The number of aromatic nitrogens is 2. The second-order valence-corrected chi connectivity index (χ2v) is 5.00. The average Bonchev–Trinajstić information content (AvgIpc) is 2.87. The molecule has 2 aromatic heterocycles. The van der Waals surface area contributed by atoms with Crippen molar-refractivity contribution in [2.45, 2.75) is 6.92 Å². The largest absolute Gasteiger partial charge is 0.294 e. The van der Waals surface area contributed by atoms with Gasteiger partial charge in [-0.15, -0.1) is 11.3 Å². The van der Waals surface area contributed by atoms with Crippen molar-refractivity contribution in [2.75, 3.05) is 0 Å². The fourth-order valence-corrected chi connectivity index (χ4v) is 2.68. The van der Waals surface area contributed by atoms with Crippen LogP contribution in [0.25, 0.3) is 21.5 Å². The molecular weight excluding hydrogens is 244 g/mol. The molecule has 0 aliphatic heterocycles. The number of fused-ring (bicyclic) bond motifs is 1. The molecule has 0 spiro atoms. The number of ketones is 1. The van der Waals surface area contributed by atoms with E-state index in [-0.39, 0.29) is 5.78 Å². The minimum atomic E-state index is 0.0481. The van der Waals surface area contributed by atoms with Crippen LogP contribution in [-0.4, -0.2) is 15.8 Å². The maximum absolute atomic E-state index is 11.3. The van der Waals surface area contributed by atoms with Crippen LogP contribution in [0.5, 0.6) is 0 Å². The Hall–Kier alpha value is -2.07. The zero-order chi connectivity index (χ0) is 12.5. The molecule has 3 aromatic rings. The number of thiazole rings is 1. The highest BCUT2D eigenvalue weighted by molar-refractivity contribution is 7.17. The van der Waals surface area contributed by atoms with Gasteiger partial charge in [-0.2, -0.15) is 0 Å². The summed E-state index contributed by atoms with van der Waals surface area (Å²) in [7, 11) is 0. The molecule has 3 nitrogen and oxygen atoms in total. The molecule has 0 N–H and O–H groups in total. The lowest BCUT2D eigenvalue weighted by molar-refractivity contribution is 0.102. The van der Waals surface area contributed by atoms with E-state index >= 15 is 0 Å². The first kappa shape index (κ1) is 11.0. The highest BCUT2D eigenvalue weighted by atomic mass is 32.1. The van der Waals surface area contributed by atoms with Crippen LogP contribution in [0.2, 0.25) is 0 Å². The molecule has 0 fully saturated rings. The van der Waals surface area contributed by atoms with Gasteiger partial charge in [0.2, 0.25) is 0 Å². The van der Waals surface area contributed by atoms with Gasteiger partial charge in [0.15, 0.2) is 5.78 Å². The molecule has 0 bridgehead atoms. The van der Waals surface area contributed by atoms with Gasteiger partial charge in [-0.25, -0.2) is 4.98 Å². The van der Waals surface area contributed by atoms with Gasteiger partial charge in [0, 0.05) is 30.3 Å². The topological polar surface area (TPSA) is 42.9 Å². The molecule has 2 heterocycles. The molecule has 0 radical (unpaired) electrons. The molecule has 0 amide bonds. The number of nitrogens with zero attached hydrogens (tertiary/aromatic N) is 2. The van der Waals surface area contributed by atoms with Crippen LogP contribution in [0.3, 0.4) is 0 Å². The van der Waals surface area contributed by atoms with Crippen LogP contribution >= 0.6 is 11.3 Å². The van der Waals surface area contributed by atoms with Crippen molar-refractivity contribution in [2.24, 2.45) is 0 Å². The van der Waals surface area contributed by atoms with Gasteiger partial charge in [-0.3, -0.25) is 9.78 Å². The van der Waals surface area contributed by atoms with Crippen LogP contribution in [-0.2, 0) is 0 Å². The number of hydrogen-bond acceptors (Lipinski definition) is 4. The van der Waals surface area contributed by atoms with E-state index in [2.05, 4.69) is 9.97 Å². The van der Waals surface area contributed by atoms with Crippen molar-refractivity contribution >= 4 is 28.0 Å². The molecular formula is C14H10N2OS. The number of para-hydroxylation sites is 1. The maximum Gasteiger partial charge on any atom is 0.171 e. The van der Waals surface area contributed by atoms with Crippen molar-refractivity contribution < 1.29 is 4.79 Å². The summed E-state index contributed by atoms with van der Waals surface area (Å²) in [4.78, 5) is 20.7. The molecule has 0 unspecified atom stereocenters. The summed E-state index contributed by atoms with van der Waals surface area (Å²) in [6.45, 7) is 1.55. The van der Waals surface area contributed by atoms with Crippen LogP contribution in [0, 0.1) is 0 Å². The third-order valence-electron chi connectivity index (χ3n) is 2.72. The summed E-state index contributed by atoms with van der Waals surface area (Å²) in [5, 5.41) is 1.92. The second kappa shape index (κ2) is 4.31. The third kappa shape index (κ3) is 1.80. The highest BCUT2D eigenvalue weighted by Gasteiger charge is 2.10. The SMILES string of the molecule is CC(=O)c1cnc(-c2cccc3cccnc23)s1. The Morgan fingerprint density at radius 3 is 2.78 bits per heavy atom. The zero-order valence-corrected chi connectivity index (χ0v) is 10.6. The summed E-state index contributed by atoms with van der Waals surface area (Å²) in [6, 6.07) is 9.91. The van der Waals surface area contributed by atoms with Gasteiger partial charge in [0.05, 0.1) is 10.4 Å². The molecule has 0 saturated heterocycles. The summed E-state index contributed by atoms with van der Waals surface area (Å²) >= 11 is 1.41. The minimum Gasteiger partial charge on any atom is -0.294 e. The molecule has 18 heavy (non-hydrogen) atoms. The summed E-state index contributed by atoms with van der Waals surface area (Å²) in [6.07, 6.45) is 3.40. The number of benzene rings is 1. The van der Waals surface area contributed by atoms with Gasteiger partial charge in [-0.05, 0) is 12.1 Å². The Labute approximate surface area is 108 Å². The van der Waals surface area contributed by atoms with Crippen molar-refractivity contribution in [1.82, 2.24) is 9.97 Å². The van der Waals surface area contributed by atoms with Crippen LogP contribution < -0.4 is 0 Å². The fourth-order valence-electron chi connectivity index (χ4n) is 1.84. The number of Topliss-reactive ketones (excluding diaryl/α,β-unsaturated/α-hetero) is 1. The predicted octanol–water partition coefficient (Wildman–Crippen LogP) is 3.56.